The molecule has 230 valence electrons. The molecule has 4 aromatic rings. The summed E-state index contributed by atoms with van der Waals surface area (Å²) in [6, 6.07) is 2.66. The van der Waals surface area contributed by atoms with Crippen molar-refractivity contribution in [2.24, 2.45) is 0 Å². The van der Waals surface area contributed by atoms with Gasteiger partial charge in [0.2, 0.25) is 5.88 Å². The van der Waals surface area contributed by atoms with Gasteiger partial charge in [0.15, 0.2) is 5.82 Å². The number of hydrogen-bond donors (Lipinski definition) is 3. The van der Waals surface area contributed by atoms with Gasteiger partial charge in [0.25, 0.3) is 0 Å². The quantitative estimate of drug-likeness (QED) is 0.250. The summed E-state index contributed by atoms with van der Waals surface area (Å²) in [7, 11) is 1.42. The van der Waals surface area contributed by atoms with E-state index in [1.54, 1.807) is 6.20 Å². The number of rotatable bonds is 8. The lowest BCUT2D eigenvalue weighted by Gasteiger charge is -2.19. The molecule has 1 aromatic carbocycles. The van der Waals surface area contributed by atoms with Crippen LogP contribution in [0, 0.1) is 12.7 Å². The third-order valence-electron chi connectivity index (χ3n) is 8.34. The number of H-pyrrole nitrogens is 1. The maximum atomic E-state index is 16.3. The van der Waals surface area contributed by atoms with Crippen molar-refractivity contribution in [1.29, 1.82) is 0 Å². The van der Waals surface area contributed by atoms with Gasteiger partial charge in [0.05, 0.1) is 31.5 Å². The van der Waals surface area contributed by atoms with Crippen molar-refractivity contribution >= 4 is 27.6 Å². The van der Waals surface area contributed by atoms with Gasteiger partial charge < -0.3 is 19.9 Å². The number of hydrogen-bond acceptors (Lipinski definition) is 9. The highest BCUT2D eigenvalue weighted by atomic mass is 19.1. The van der Waals surface area contributed by atoms with Gasteiger partial charge >= 0.3 is 6.01 Å². The number of alkyl halides is 1. The summed E-state index contributed by atoms with van der Waals surface area (Å²) >= 11 is 0. The van der Waals surface area contributed by atoms with Crippen molar-refractivity contribution in [2.75, 3.05) is 38.7 Å². The molecule has 0 amide bonds. The lowest BCUT2D eigenvalue weighted by Crippen LogP contribution is -2.22. The molecule has 3 N–H and O–H groups in total. The number of fused-ring (bicyclic) bond motifs is 3. The number of methoxy groups -OCH3 is 1. The fourth-order valence-electron chi connectivity index (χ4n) is 6.41. The third kappa shape index (κ3) is 5.82. The fourth-order valence-corrected chi connectivity index (χ4v) is 6.41. The Kier molecular flexibility index (Phi) is 8.32. The van der Waals surface area contributed by atoms with Crippen LogP contribution in [0.15, 0.2) is 12.3 Å². The molecule has 2 atom stereocenters. The Balaban J connectivity index is 0.000000310. The predicted octanol–water partition coefficient (Wildman–Crippen LogP) is 5.29. The highest BCUT2D eigenvalue weighted by Crippen LogP contribution is 2.49. The first-order chi connectivity index (χ1) is 20.8. The highest BCUT2D eigenvalue weighted by Gasteiger charge is 2.35. The molecule has 12 heteroatoms. The topological polar surface area (TPSA) is 121 Å². The van der Waals surface area contributed by atoms with Gasteiger partial charge in [-0.05, 0) is 82.5 Å². The lowest BCUT2D eigenvalue weighted by atomic mass is 9.92. The van der Waals surface area contributed by atoms with Gasteiger partial charge in [-0.25, -0.2) is 13.8 Å². The van der Waals surface area contributed by atoms with E-state index in [0.717, 1.165) is 47.8 Å². The summed E-state index contributed by atoms with van der Waals surface area (Å²) in [5.74, 6) is 0.255. The van der Waals surface area contributed by atoms with E-state index in [9.17, 15) is 9.50 Å². The number of aromatic nitrogens is 5. The van der Waals surface area contributed by atoms with Gasteiger partial charge in [-0.2, -0.15) is 15.1 Å². The van der Waals surface area contributed by atoms with E-state index in [0.29, 0.717) is 29.5 Å². The van der Waals surface area contributed by atoms with E-state index in [2.05, 4.69) is 30.4 Å². The first kappa shape index (κ1) is 29.4. The maximum absolute atomic E-state index is 16.3. The molecule has 7 rings (SSSR count). The van der Waals surface area contributed by atoms with Crippen LogP contribution >= 0.6 is 0 Å². The highest BCUT2D eigenvalue weighted by molar-refractivity contribution is 6.01. The Morgan fingerprint density at radius 3 is 2.72 bits per heavy atom. The number of aliphatic hydroxyl groups is 1. The standard InChI is InChI=1S/C24H27FN6O3.C7H12FN/c1-11(2)34-23-18-21(29-24(33-4)30-22(18)26-7-8-32)19(25)20(28-23)17-14-10-27-31-15(14)9-12(3)16(17)13-5-6-13;8-6-4-7-2-1-3-9(7)5-6/h9-11,13,32H,5-8H2,1-4H3,(H,27,31)(H,26,29,30);6-7H,1-5H2. The van der Waals surface area contributed by atoms with Crippen molar-refractivity contribution in [2.45, 2.75) is 77.1 Å². The van der Waals surface area contributed by atoms with E-state index in [-0.39, 0.29) is 48.2 Å². The number of aromatic amines is 1. The van der Waals surface area contributed by atoms with Crippen molar-refractivity contribution < 1.29 is 23.4 Å². The average molecular weight is 596 g/mol. The number of aliphatic hydroxyl groups excluding tert-OH is 1. The van der Waals surface area contributed by atoms with Crippen molar-refractivity contribution in [3.8, 4) is 23.1 Å². The van der Waals surface area contributed by atoms with Gasteiger partial charge in [0, 0.05) is 30.1 Å². The fraction of sp³-hybridized carbons (Fsp3) is 0.548. The van der Waals surface area contributed by atoms with Crippen LogP contribution < -0.4 is 14.8 Å². The Morgan fingerprint density at radius 2 is 2.02 bits per heavy atom. The number of ether oxygens (including phenoxy) is 2. The van der Waals surface area contributed by atoms with Crippen LogP contribution in [0.25, 0.3) is 33.1 Å². The van der Waals surface area contributed by atoms with Crippen molar-refractivity contribution in [1.82, 2.24) is 30.0 Å². The van der Waals surface area contributed by atoms with Crippen LogP contribution in [0.1, 0.15) is 63.0 Å². The Hall–Kier alpha value is -3.64. The molecule has 3 fully saturated rings. The van der Waals surface area contributed by atoms with E-state index in [1.165, 1.54) is 20.0 Å². The minimum absolute atomic E-state index is 0.000367. The van der Waals surface area contributed by atoms with Crippen LogP contribution in [0.5, 0.6) is 11.9 Å². The summed E-state index contributed by atoms with van der Waals surface area (Å²) in [5.41, 5.74) is 3.86. The third-order valence-corrected chi connectivity index (χ3v) is 8.34. The predicted molar refractivity (Wildman–Crippen MR) is 161 cm³/mol. The molecule has 43 heavy (non-hydrogen) atoms. The van der Waals surface area contributed by atoms with E-state index >= 15 is 4.39 Å². The van der Waals surface area contributed by atoms with Crippen LogP contribution in [0.4, 0.5) is 14.6 Å². The number of nitrogens with one attached hydrogen (secondary N) is 2. The molecule has 2 aliphatic heterocycles. The molecule has 0 radical (unpaired) electrons. The Labute approximate surface area is 249 Å². The second-order valence-corrected chi connectivity index (χ2v) is 11.9. The smallest absolute Gasteiger partial charge is 0.318 e. The molecule has 0 spiro atoms. The number of pyridine rings is 1. The first-order valence-electron chi connectivity index (χ1n) is 15.1. The molecule has 3 aromatic heterocycles. The summed E-state index contributed by atoms with van der Waals surface area (Å²) in [5, 5.41) is 20.6. The SMILES string of the molecule is COc1nc(NCCO)c2c(OC(C)C)nc(-c3c(C4CC4)c(C)cc4[nH]ncc34)c(F)c2n1.FC1CC2CCCN2C1. The molecule has 2 unspecified atom stereocenters. The molecular formula is C31H39F2N7O3. The van der Waals surface area contributed by atoms with E-state index in [4.69, 9.17) is 14.5 Å². The first-order valence-corrected chi connectivity index (χ1v) is 15.1. The molecule has 3 aliphatic rings. The maximum Gasteiger partial charge on any atom is 0.318 e. The van der Waals surface area contributed by atoms with Crippen LogP contribution in [0.2, 0.25) is 0 Å². The monoisotopic (exact) mass is 595 g/mol. The molecule has 10 nitrogen and oxygen atoms in total. The van der Waals surface area contributed by atoms with Crippen molar-refractivity contribution in [3.63, 3.8) is 0 Å². The van der Waals surface area contributed by atoms with E-state index < -0.39 is 12.0 Å². The lowest BCUT2D eigenvalue weighted by molar-refractivity contribution is 0.236. The summed E-state index contributed by atoms with van der Waals surface area (Å²) in [6.07, 6.45) is 6.39. The van der Waals surface area contributed by atoms with Gasteiger partial charge in [-0.1, -0.05) is 0 Å². The molecule has 0 bridgehead atoms. The zero-order valence-corrected chi connectivity index (χ0v) is 25.1. The largest absolute Gasteiger partial charge is 0.474 e. The summed E-state index contributed by atoms with van der Waals surface area (Å²) < 4.78 is 40.3. The summed E-state index contributed by atoms with van der Waals surface area (Å²) in [4.78, 5) is 15.7. The second-order valence-electron chi connectivity index (χ2n) is 11.9. The molecule has 1 aliphatic carbocycles. The van der Waals surface area contributed by atoms with Crippen LogP contribution in [-0.4, -0.2) is 86.8 Å². The van der Waals surface area contributed by atoms with Gasteiger partial charge in [-0.3, -0.25) is 10.00 Å². The summed E-state index contributed by atoms with van der Waals surface area (Å²) in [6.45, 7) is 7.71. The van der Waals surface area contributed by atoms with E-state index in [1.807, 2.05) is 26.8 Å². The number of aryl methyl sites for hydroxylation is 1. The number of anilines is 1. The van der Waals surface area contributed by atoms with Gasteiger partial charge in [0.1, 0.15) is 28.6 Å². The molecule has 2 saturated heterocycles. The number of nitrogens with zero attached hydrogens (tertiary/aromatic N) is 5. The minimum Gasteiger partial charge on any atom is -0.474 e. The second kappa shape index (κ2) is 12.2. The average Bonchev–Trinajstić information content (AvgIpc) is 3.35. The van der Waals surface area contributed by atoms with Crippen LogP contribution in [0.3, 0.4) is 0 Å². The Morgan fingerprint density at radius 1 is 1.21 bits per heavy atom. The molecule has 1 saturated carbocycles. The van der Waals surface area contributed by atoms with Crippen molar-refractivity contribution in [3.05, 3.63) is 29.2 Å². The Bertz CT molecular complexity index is 1610. The number of benzene rings is 1. The van der Waals surface area contributed by atoms with Crippen LogP contribution in [-0.2, 0) is 0 Å². The molecule has 5 heterocycles. The zero-order chi connectivity index (χ0) is 30.2. The molecular weight excluding hydrogens is 556 g/mol. The van der Waals surface area contributed by atoms with Gasteiger partial charge in [-0.15, -0.1) is 0 Å². The zero-order valence-electron chi connectivity index (χ0n) is 25.1. The minimum atomic E-state index is -0.589. The number of halogens is 2. The normalized spacial score (nSPS) is 20.0.